The summed E-state index contributed by atoms with van der Waals surface area (Å²) in [7, 11) is -3.67. The standard InChI is InChI=1S/C15H13F2N3OS.C15H15F2N3S.C4H8O.C4H10O.BF3.BH4.ClH.Na/c16-8-1-7(2-9(17)3-8)15-5-10(15)13-11(4-12(18)21)19-14(22)20(13)6-15;16-9-3-8(4-10(17)5-9)15-6-11(15)13-12(1-2-18)19-14(21)20(13)7-15;1-2-4-5-3-1;1-3-5-4-2;2-1(3)4;;;/h1-3,10H,4-6H2,(H2,18,21)(H,19,22);3-5,11H,1-2,6-7,18H2,(H,19,21);1-4H2;3-4H2,1-2H3;;1H4;1H;/q;;;;;-1;;+1/t10-,15+;11-,15+;;;;;;/m00....../s1. The molecular weight excluding hydrogens is 866 g/mol. The van der Waals surface area contributed by atoms with Crippen LogP contribution in [-0.4, -0.2) is 73.9 Å². The number of nitrogens with one attached hydrogen (secondary N) is 2. The number of imidazole rings is 2. The summed E-state index contributed by atoms with van der Waals surface area (Å²) in [5.41, 5.74) is 15.7. The molecular formula is C38H51B2ClF7N6NaO3S2. The molecule has 0 radical (unpaired) electrons. The van der Waals surface area contributed by atoms with Crippen molar-refractivity contribution in [3.63, 3.8) is 0 Å². The number of nitrogens with two attached hydrogens (primary N) is 2. The Morgan fingerprint density at radius 2 is 1.20 bits per heavy atom. The van der Waals surface area contributed by atoms with Crippen molar-refractivity contribution in [2.24, 2.45) is 11.5 Å². The molecule has 4 aromatic rings. The van der Waals surface area contributed by atoms with Gasteiger partial charge in [-0.05, 0) is 106 Å². The van der Waals surface area contributed by atoms with Crippen LogP contribution in [-0.2, 0) is 51.0 Å². The fourth-order valence-corrected chi connectivity index (χ4v) is 8.85. The van der Waals surface area contributed by atoms with Crippen LogP contribution in [0.1, 0.15) is 85.3 Å². The first-order valence-corrected chi connectivity index (χ1v) is 19.5. The summed E-state index contributed by atoms with van der Waals surface area (Å²) in [5.74, 6) is -2.22. The third kappa shape index (κ3) is 12.4. The molecule has 0 bridgehead atoms. The average molecular weight is 917 g/mol. The molecule has 4 atom stereocenters. The topological polar surface area (TPSA) is 129 Å². The summed E-state index contributed by atoms with van der Waals surface area (Å²) in [4.78, 5) is 17.4. The number of fused-ring (bicyclic) bond motifs is 6. The van der Waals surface area contributed by atoms with Crippen molar-refractivity contribution in [1.82, 2.24) is 19.1 Å². The molecule has 3 fully saturated rings. The van der Waals surface area contributed by atoms with Crippen LogP contribution in [0.2, 0.25) is 0 Å². The summed E-state index contributed by atoms with van der Waals surface area (Å²) in [6.45, 7) is 9.48. The van der Waals surface area contributed by atoms with Crippen molar-refractivity contribution in [2.75, 3.05) is 33.0 Å². The first-order valence-electron chi connectivity index (χ1n) is 18.7. The van der Waals surface area contributed by atoms with E-state index >= 15 is 0 Å². The minimum atomic E-state index is -3.67. The molecule has 9 rings (SSSR count). The van der Waals surface area contributed by atoms with Crippen LogP contribution >= 0.6 is 36.8 Å². The Labute approximate surface area is 385 Å². The Balaban J connectivity index is 0.000000303. The van der Waals surface area contributed by atoms with E-state index in [0.29, 0.717) is 34.7 Å². The Morgan fingerprint density at radius 1 is 0.817 bits per heavy atom. The fourth-order valence-electron chi connectivity index (χ4n) is 8.28. The Morgan fingerprint density at radius 3 is 1.52 bits per heavy atom. The van der Waals surface area contributed by atoms with Gasteiger partial charge >= 0.3 is 37.1 Å². The van der Waals surface area contributed by atoms with E-state index in [1.54, 1.807) is 0 Å². The molecule has 0 unspecified atom stereocenters. The van der Waals surface area contributed by atoms with Gasteiger partial charge in [-0.25, -0.2) is 17.6 Å². The molecule has 2 aromatic carbocycles. The third-order valence-corrected chi connectivity index (χ3v) is 11.4. The predicted octanol–water partition coefficient (Wildman–Crippen LogP) is 3.75. The second-order valence-electron chi connectivity index (χ2n) is 14.4. The Hall–Kier alpha value is -2.42. The van der Waals surface area contributed by atoms with Crippen LogP contribution in [0.15, 0.2) is 36.4 Å². The number of rotatable bonds is 8. The average Bonchev–Trinajstić information content (AvgIpc) is 3.56. The van der Waals surface area contributed by atoms with Gasteiger partial charge in [-0.15, -0.1) is 12.4 Å². The fraction of sp³-hybridized carbons (Fsp3) is 0.500. The van der Waals surface area contributed by atoms with Gasteiger partial charge in [-0.1, -0.05) is 8.41 Å². The molecule has 2 aliphatic carbocycles. The van der Waals surface area contributed by atoms with E-state index in [4.69, 9.17) is 45.4 Å². The summed E-state index contributed by atoms with van der Waals surface area (Å²) < 4.78 is 98.0. The van der Waals surface area contributed by atoms with Gasteiger partial charge < -0.3 is 40.0 Å². The third-order valence-electron chi connectivity index (χ3n) is 10.8. The first kappa shape index (κ1) is 53.7. The van der Waals surface area contributed by atoms with Crippen molar-refractivity contribution >= 4 is 58.7 Å². The van der Waals surface area contributed by atoms with Crippen LogP contribution < -0.4 is 41.0 Å². The van der Waals surface area contributed by atoms with Gasteiger partial charge in [0.05, 0.1) is 6.42 Å². The second-order valence-corrected chi connectivity index (χ2v) is 15.2. The number of aromatic amines is 2. The van der Waals surface area contributed by atoms with Gasteiger partial charge in [-0.3, -0.25) is 17.7 Å². The molecule has 6 N–H and O–H groups in total. The number of nitrogens with zero attached hydrogens (tertiary/aromatic N) is 2. The molecule has 2 saturated carbocycles. The molecule has 5 aliphatic rings. The van der Waals surface area contributed by atoms with Crippen molar-refractivity contribution in [3.8, 4) is 0 Å². The zero-order valence-electron chi connectivity index (χ0n) is 33.0. The molecule has 1 saturated heterocycles. The van der Waals surface area contributed by atoms with E-state index in [0.717, 1.165) is 80.5 Å². The van der Waals surface area contributed by atoms with Crippen molar-refractivity contribution in [3.05, 3.63) is 103 Å². The predicted molar refractivity (Wildman–Crippen MR) is 226 cm³/mol. The van der Waals surface area contributed by atoms with Gasteiger partial charge in [0.15, 0.2) is 9.54 Å². The van der Waals surface area contributed by atoms with E-state index in [2.05, 4.69) is 14.5 Å². The van der Waals surface area contributed by atoms with Crippen molar-refractivity contribution in [1.29, 1.82) is 0 Å². The smallest absolute Gasteiger partial charge is 0.382 e. The largest absolute Gasteiger partial charge is 1.00 e. The molecule has 326 valence electrons. The quantitative estimate of drug-likeness (QED) is 0.121. The Bertz CT molecular complexity index is 2130. The maximum Gasteiger partial charge on any atom is 1.00 e. The number of aromatic nitrogens is 4. The number of benzene rings is 2. The SMILES string of the molecule is C1CCOC1.CCOCC.Cl.FB(F)F.NC(=O)Cc1[nH]c(=S)n2c1[C@@H]1C[C@]1(c1cc(F)cc(F)c1)C2.NCCc1[nH]c(=S)n2c1[C@@H]1C[C@]1(c1cc(F)cc(F)c1)C2.[BH4-].[Na+]. The maximum absolute atomic E-state index is 13.5. The van der Waals surface area contributed by atoms with E-state index in [-0.39, 0.29) is 79.5 Å². The second kappa shape index (κ2) is 23.3. The summed E-state index contributed by atoms with van der Waals surface area (Å²) in [5, 5.41) is 0. The zero-order valence-corrected chi connectivity index (χ0v) is 37.5. The van der Waals surface area contributed by atoms with Gasteiger partial charge in [-0.2, -0.15) is 0 Å². The monoisotopic (exact) mass is 916 g/mol. The number of carbonyl (C=O) groups is 1. The maximum atomic E-state index is 13.5. The number of ether oxygens (including phenoxy) is 2. The van der Waals surface area contributed by atoms with E-state index in [1.165, 1.54) is 42.8 Å². The van der Waals surface area contributed by atoms with Crippen LogP contribution in [0.3, 0.4) is 0 Å². The van der Waals surface area contributed by atoms with E-state index in [9.17, 15) is 35.3 Å². The number of carbonyl (C=O) groups excluding carboxylic acids is 1. The van der Waals surface area contributed by atoms with E-state index < -0.39 is 36.7 Å². The van der Waals surface area contributed by atoms with Crippen LogP contribution in [0.25, 0.3) is 0 Å². The molecule has 22 heteroatoms. The minimum Gasteiger partial charge on any atom is -0.382 e. The van der Waals surface area contributed by atoms with Gasteiger partial charge in [0.2, 0.25) is 5.91 Å². The van der Waals surface area contributed by atoms with Gasteiger partial charge in [0.25, 0.3) is 0 Å². The van der Waals surface area contributed by atoms with Crippen LogP contribution in [0.5, 0.6) is 0 Å². The van der Waals surface area contributed by atoms with Gasteiger partial charge in [0.1, 0.15) is 23.3 Å². The first-order chi connectivity index (χ1) is 27.1. The molecule has 2 aromatic heterocycles. The molecule has 9 nitrogen and oxygen atoms in total. The Kier molecular flexibility index (Phi) is 20.9. The molecule has 0 spiro atoms. The molecule has 5 heterocycles. The normalized spacial score (nSPS) is 21.3. The number of hydrogen-bond donors (Lipinski definition) is 4. The van der Waals surface area contributed by atoms with Crippen LogP contribution in [0, 0.1) is 32.8 Å². The summed E-state index contributed by atoms with van der Waals surface area (Å²) in [6.07, 6.45) is 5.11. The minimum absolute atomic E-state index is 0. The van der Waals surface area contributed by atoms with E-state index in [1.807, 2.05) is 18.4 Å². The van der Waals surface area contributed by atoms with Gasteiger partial charge in [0, 0.05) is 104 Å². The number of halogens is 8. The zero-order chi connectivity index (χ0) is 41.7. The number of H-pyrrole nitrogens is 2. The number of amides is 1. The summed E-state index contributed by atoms with van der Waals surface area (Å²) >= 11 is 10.6. The number of hydrogen-bond acceptors (Lipinski definition) is 6. The molecule has 60 heavy (non-hydrogen) atoms. The van der Waals surface area contributed by atoms with Crippen molar-refractivity contribution < 1.29 is 74.3 Å². The van der Waals surface area contributed by atoms with Crippen LogP contribution in [0.4, 0.5) is 30.5 Å². The summed E-state index contributed by atoms with van der Waals surface area (Å²) in [6, 6.07) is 7.46. The number of primary amides is 1. The molecule has 1 amide bonds. The molecule has 3 aliphatic heterocycles. The van der Waals surface area contributed by atoms with Crippen molar-refractivity contribution in [2.45, 2.75) is 88.1 Å².